The van der Waals surface area contributed by atoms with Crippen molar-refractivity contribution in [1.29, 1.82) is 0 Å². The van der Waals surface area contributed by atoms with Crippen molar-refractivity contribution >= 4 is 47.2 Å². The van der Waals surface area contributed by atoms with Gasteiger partial charge in [0, 0.05) is 12.2 Å². The first-order valence-electron chi connectivity index (χ1n) is 10.2. The molecule has 0 saturated carbocycles. The van der Waals surface area contributed by atoms with Gasteiger partial charge in [-0.1, -0.05) is 20.8 Å². The highest BCUT2D eigenvalue weighted by Crippen LogP contribution is 2.52. The number of carbonyl (C=O) groups is 1. The quantitative estimate of drug-likeness (QED) is 0.343. The fourth-order valence-corrected chi connectivity index (χ4v) is 5.65. The number of anilines is 2. The lowest BCUT2D eigenvalue weighted by Gasteiger charge is -2.27. The Hall–Kier alpha value is -2.20. The summed E-state index contributed by atoms with van der Waals surface area (Å²) in [5.41, 5.74) is 0.601. The Morgan fingerprint density at radius 3 is 2.66 bits per heavy atom. The normalized spacial score (nSPS) is 24.2. The van der Waals surface area contributed by atoms with Crippen LogP contribution in [0.4, 0.5) is 11.4 Å². The van der Waals surface area contributed by atoms with Crippen molar-refractivity contribution in [2.45, 2.75) is 47.1 Å². The van der Waals surface area contributed by atoms with E-state index >= 15 is 0 Å². The first kappa shape index (κ1) is 24.4. The molecule has 3 atom stereocenters. The van der Waals surface area contributed by atoms with Gasteiger partial charge in [-0.15, -0.1) is 0 Å². The van der Waals surface area contributed by atoms with Crippen molar-refractivity contribution in [3.05, 3.63) is 29.5 Å². The maximum Gasteiger partial charge on any atom is 0.348 e. The van der Waals surface area contributed by atoms with Gasteiger partial charge >= 0.3 is 7.52 Å². The Morgan fingerprint density at radius 2 is 2.06 bits per heavy atom. The van der Waals surface area contributed by atoms with E-state index in [1.165, 1.54) is 12.1 Å². The highest BCUT2D eigenvalue weighted by Gasteiger charge is 2.43. The summed E-state index contributed by atoms with van der Waals surface area (Å²) in [6, 6.07) is 3.93. The molecule has 12 heteroatoms. The zero-order valence-electron chi connectivity index (χ0n) is 18.7. The van der Waals surface area contributed by atoms with Crippen LogP contribution < -0.4 is 15.3 Å². The van der Waals surface area contributed by atoms with Crippen molar-refractivity contribution in [3.8, 4) is 0 Å². The SMILES string of the molecule is CCOP1(=O)N=C(C2=C(O)C(C)N(CCC(C)(C)C)C2=O)Nc2ccc(NS(=O)O)cc21. The molecule has 176 valence electrons. The third kappa shape index (κ3) is 4.91. The molecule has 1 aromatic carbocycles. The molecule has 1 aromatic rings. The average molecular weight is 485 g/mol. The third-order valence-corrected chi connectivity index (χ3v) is 7.69. The van der Waals surface area contributed by atoms with Crippen molar-refractivity contribution in [2.24, 2.45) is 10.2 Å². The first-order chi connectivity index (χ1) is 14.9. The number of amidine groups is 1. The number of carbonyl (C=O) groups excluding carboxylic acids is 1. The monoisotopic (exact) mass is 484 g/mol. The van der Waals surface area contributed by atoms with Gasteiger partial charge in [-0.3, -0.25) is 18.6 Å². The summed E-state index contributed by atoms with van der Waals surface area (Å²) in [5.74, 6) is -0.560. The van der Waals surface area contributed by atoms with E-state index in [9.17, 15) is 18.7 Å². The van der Waals surface area contributed by atoms with E-state index in [0.29, 0.717) is 12.2 Å². The Balaban J connectivity index is 1.99. The molecule has 3 rings (SSSR count). The van der Waals surface area contributed by atoms with Crippen molar-refractivity contribution in [2.75, 3.05) is 23.2 Å². The predicted molar refractivity (Wildman–Crippen MR) is 126 cm³/mol. The average Bonchev–Trinajstić information content (AvgIpc) is 2.88. The zero-order valence-corrected chi connectivity index (χ0v) is 20.4. The van der Waals surface area contributed by atoms with Gasteiger partial charge in [0.2, 0.25) is 0 Å². The number of nitrogens with zero attached hydrogens (tertiary/aromatic N) is 2. The van der Waals surface area contributed by atoms with Gasteiger partial charge in [-0.05, 0) is 43.9 Å². The Labute approximate surface area is 190 Å². The van der Waals surface area contributed by atoms with Crippen LogP contribution in [0, 0.1) is 5.41 Å². The molecule has 1 amide bonds. The standard InChI is InChI=1S/C20H29N4O6PS/c1-6-30-31(27)15-11-13(23-32(28)29)7-8-14(15)21-18(22-31)16-17(25)12(2)24(19(16)26)10-9-20(3,4)5/h7-8,11-12,23,25H,6,9-10H2,1-5H3,(H,28,29)(H,21,22,27). The highest BCUT2D eigenvalue weighted by molar-refractivity contribution is 7.80. The fraction of sp³-hybridized carbons (Fsp3) is 0.500. The number of aliphatic hydroxyl groups is 1. The molecule has 0 spiro atoms. The number of fused-ring (bicyclic) bond motifs is 1. The summed E-state index contributed by atoms with van der Waals surface area (Å²) in [6.45, 7) is 10.2. The van der Waals surface area contributed by atoms with E-state index in [4.69, 9.17) is 9.08 Å². The molecule has 0 bridgehead atoms. The van der Waals surface area contributed by atoms with Gasteiger partial charge in [0.25, 0.3) is 17.2 Å². The molecule has 0 radical (unpaired) electrons. The summed E-state index contributed by atoms with van der Waals surface area (Å²) < 4.78 is 45.8. The molecule has 4 N–H and O–H groups in total. The fourth-order valence-electron chi connectivity index (χ4n) is 3.52. The van der Waals surface area contributed by atoms with Crippen LogP contribution in [0.1, 0.15) is 41.0 Å². The van der Waals surface area contributed by atoms with Gasteiger partial charge < -0.3 is 19.8 Å². The molecule has 0 aliphatic carbocycles. The van der Waals surface area contributed by atoms with Crippen LogP contribution in [0.5, 0.6) is 0 Å². The maximum atomic E-state index is 13.6. The number of hydrogen-bond acceptors (Lipinski definition) is 6. The molecule has 3 unspecified atom stereocenters. The number of benzene rings is 1. The second-order valence-corrected chi connectivity index (χ2v) is 11.5. The van der Waals surface area contributed by atoms with E-state index in [0.717, 1.165) is 6.42 Å². The van der Waals surface area contributed by atoms with Gasteiger partial charge in [0.15, 0.2) is 5.84 Å². The Kier molecular flexibility index (Phi) is 6.86. The minimum Gasteiger partial charge on any atom is -0.509 e. The smallest absolute Gasteiger partial charge is 0.348 e. The molecule has 32 heavy (non-hydrogen) atoms. The lowest BCUT2D eigenvalue weighted by molar-refractivity contribution is -0.126. The largest absolute Gasteiger partial charge is 0.509 e. The molecule has 2 aliphatic rings. The van der Waals surface area contributed by atoms with Crippen molar-refractivity contribution in [3.63, 3.8) is 0 Å². The first-order valence-corrected chi connectivity index (χ1v) is 12.9. The van der Waals surface area contributed by atoms with E-state index in [2.05, 4.69) is 35.6 Å². The summed E-state index contributed by atoms with van der Waals surface area (Å²) in [7, 11) is -3.83. The van der Waals surface area contributed by atoms with E-state index in [1.807, 2.05) is 0 Å². The van der Waals surface area contributed by atoms with Crippen molar-refractivity contribution < 1.29 is 27.8 Å². The third-order valence-electron chi connectivity index (χ3n) is 5.23. The second kappa shape index (κ2) is 8.97. The number of hydrogen-bond donors (Lipinski definition) is 4. The van der Waals surface area contributed by atoms with Gasteiger partial charge in [0.05, 0.1) is 23.6 Å². The molecule has 0 aromatic heterocycles. The van der Waals surface area contributed by atoms with Gasteiger partial charge in [0.1, 0.15) is 11.3 Å². The number of aliphatic hydroxyl groups excluding tert-OH is 1. The Morgan fingerprint density at radius 1 is 1.38 bits per heavy atom. The summed E-state index contributed by atoms with van der Waals surface area (Å²) >= 11 is -2.31. The molecule has 0 saturated heterocycles. The summed E-state index contributed by atoms with van der Waals surface area (Å²) in [6.07, 6.45) is 0.742. The van der Waals surface area contributed by atoms with Gasteiger partial charge in [-0.25, -0.2) is 4.21 Å². The Bertz CT molecular complexity index is 1060. The lowest BCUT2D eigenvalue weighted by atomic mass is 9.92. The second-order valence-electron chi connectivity index (χ2n) is 8.84. The van der Waals surface area contributed by atoms with Crippen LogP contribution in [-0.4, -0.2) is 49.7 Å². The van der Waals surface area contributed by atoms with Gasteiger partial charge in [-0.2, -0.15) is 4.76 Å². The van der Waals surface area contributed by atoms with Crippen molar-refractivity contribution in [1.82, 2.24) is 4.90 Å². The minimum atomic E-state index is -3.83. The molecule has 2 heterocycles. The van der Waals surface area contributed by atoms with E-state index in [-0.39, 0.29) is 40.2 Å². The topological polar surface area (TPSA) is 141 Å². The van der Waals surface area contributed by atoms with E-state index < -0.39 is 30.7 Å². The highest BCUT2D eigenvalue weighted by atomic mass is 32.2. The lowest BCUT2D eigenvalue weighted by Crippen LogP contribution is -2.37. The predicted octanol–water partition coefficient (Wildman–Crippen LogP) is 3.39. The summed E-state index contributed by atoms with van der Waals surface area (Å²) in [5, 5.41) is 13.9. The van der Waals surface area contributed by atoms with Crippen LogP contribution in [-0.2, 0) is 25.1 Å². The minimum absolute atomic E-state index is 0.00652. The van der Waals surface area contributed by atoms with Crippen LogP contribution >= 0.6 is 7.52 Å². The maximum absolute atomic E-state index is 13.6. The van der Waals surface area contributed by atoms with Crippen LogP contribution in [0.15, 0.2) is 34.3 Å². The molecule has 0 fully saturated rings. The molecular formula is C20H29N4O6PS. The van der Waals surface area contributed by atoms with Crippen LogP contribution in [0.25, 0.3) is 0 Å². The molecule has 10 nitrogen and oxygen atoms in total. The molecule has 2 aliphatic heterocycles. The van der Waals surface area contributed by atoms with Crippen LogP contribution in [0.2, 0.25) is 0 Å². The number of amides is 1. The van der Waals surface area contributed by atoms with Crippen LogP contribution in [0.3, 0.4) is 0 Å². The summed E-state index contributed by atoms with van der Waals surface area (Å²) in [4.78, 5) is 14.8. The number of rotatable bonds is 7. The van der Waals surface area contributed by atoms with E-state index in [1.54, 1.807) is 24.8 Å². The zero-order chi connectivity index (χ0) is 23.8. The number of nitrogens with one attached hydrogen (secondary N) is 2. The molecular weight excluding hydrogens is 455 g/mol.